The second kappa shape index (κ2) is 4.49. The van der Waals surface area contributed by atoms with Crippen LogP contribution in [0.4, 0.5) is 5.69 Å². The van der Waals surface area contributed by atoms with Gasteiger partial charge in [-0.1, -0.05) is 18.2 Å². The van der Waals surface area contributed by atoms with Crippen molar-refractivity contribution in [2.24, 2.45) is 0 Å². The van der Waals surface area contributed by atoms with E-state index < -0.39 is 16.6 Å². The van der Waals surface area contributed by atoms with Crippen molar-refractivity contribution < 1.29 is 5.11 Å². The summed E-state index contributed by atoms with van der Waals surface area (Å²) in [6.45, 7) is 2.89. The van der Waals surface area contributed by atoms with E-state index >= 15 is 0 Å². The number of benzene rings is 1. The van der Waals surface area contributed by atoms with Crippen molar-refractivity contribution in [1.82, 2.24) is 0 Å². The van der Waals surface area contributed by atoms with Gasteiger partial charge in [0.1, 0.15) is 0 Å². The maximum atomic E-state index is 11.4. The van der Waals surface area contributed by atoms with Gasteiger partial charge in [0.2, 0.25) is 5.43 Å². The first-order chi connectivity index (χ1) is 9.63. The van der Waals surface area contributed by atoms with Crippen LogP contribution in [-0.4, -0.2) is 11.7 Å². The van der Waals surface area contributed by atoms with Gasteiger partial charge >= 0.3 is 0 Å². The number of para-hydroxylation sites is 1. The van der Waals surface area contributed by atoms with Gasteiger partial charge in [0.15, 0.2) is 5.75 Å². The molecule has 2 aromatic carbocycles. The Balaban J connectivity index is 2.13. The smallest absolute Gasteiger partial charge is 0.268 e. The second-order valence-electron chi connectivity index (χ2n) is 4.64. The number of rotatable bonds is 2. The Labute approximate surface area is 115 Å². The Hall–Kier alpha value is -2.62. The normalized spacial score (nSPS) is 15.8. The van der Waals surface area contributed by atoms with Gasteiger partial charge in [-0.2, -0.15) is 0 Å². The predicted molar refractivity (Wildman–Crippen MR) is 79.5 cm³/mol. The van der Waals surface area contributed by atoms with Crippen molar-refractivity contribution in [3.8, 4) is 5.75 Å². The Morgan fingerprint density at radius 3 is 2.65 bits per heavy atom. The number of aromatic hydroxyl groups is 1. The third-order valence-electron chi connectivity index (χ3n) is 3.52. The highest BCUT2D eigenvalue weighted by molar-refractivity contribution is 5.95. The molecule has 2 aromatic rings. The van der Waals surface area contributed by atoms with Crippen molar-refractivity contribution in [2.45, 2.75) is 6.92 Å². The molecule has 0 saturated carbocycles. The molecular weight excluding hydrogens is 254 g/mol. The fourth-order valence-electron chi connectivity index (χ4n) is 2.40. The molecule has 0 bridgehead atoms. The minimum Gasteiger partial charge on any atom is -0.504 e. The van der Waals surface area contributed by atoms with Gasteiger partial charge in [-0.3, -0.25) is 9.59 Å². The zero-order chi connectivity index (χ0) is 14.3. The average Bonchev–Trinajstić information content (AvgIpc) is 2.51. The second-order valence-corrected chi connectivity index (χ2v) is 4.64. The van der Waals surface area contributed by atoms with Crippen LogP contribution in [-0.2, 0) is 0 Å². The van der Waals surface area contributed by atoms with Crippen LogP contribution >= 0.6 is 0 Å². The van der Waals surface area contributed by atoms with Gasteiger partial charge in [0.25, 0.3) is 5.43 Å². The largest absolute Gasteiger partial charge is 0.504 e. The van der Waals surface area contributed by atoms with Gasteiger partial charge in [-0.15, -0.1) is 0 Å². The van der Waals surface area contributed by atoms with Gasteiger partial charge in [-0.25, -0.2) is 0 Å². The van der Waals surface area contributed by atoms with E-state index in [9.17, 15) is 14.7 Å². The van der Waals surface area contributed by atoms with E-state index in [0.29, 0.717) is 0 Å². The molecule has 1 heterocycles. The maximum Gasteiger partial charge on any atom is 0.268 e. The summed E-state index contributed by atoms with van der Waals surface area (Å²) < 4.78 is 0. The molecule has 1 aliphatic rings. The molecule has 0 fully saturated rings. The van der Waals surface area contributed by atoms with Crippen molar-refractivity contribution >= 4 is 17.3 Å². The highest BCUT2D eigenvalue weighted by atomic mass is 16.3. The number of hydrogen-bond donors (Lipinski definition) is 1. The molecule has 3 rings (SSSR count). The van der Waals surface area contributed by atoms with Crippen LogP contribution in [0, 0.1) is 0 Å². The highest BCUT2D eigenvalue weighted by Gasteiger charge is 2.20. The first kappa shape index (κ1) is 12.4. The van der Waals surface area contributed by atoms with E-state index in [0.717, 1.165) is 23.4 Å². The monoisotopic (exact) mass is 267 g/mol. The quantitative estimate of drug-likeness (QED) is 0.844. The summed E-state index contributed by atoms with van der Waals surface area (Å²) in [5, 5.41) is 9.45. The molecule has 0 aromatic heterocycles. The lowest BCUT2D eigenvalue weighted by molar-refractivity contribution is 0.461. The van der Waals surface area contributed by atoms with Gasteiger partial charge in [-0.05, 0) is 30.7 Å². The molecule has 1 aliphatic heterocycles. The molecule has 0 atom stereocenters. The summed E-state index contributed by atoms with van der Waals surface area (Å²) >= 11 is 0. The molecule has 4 nitrogen and oxygen atoms in total. The standard InChI is InChI=1S/C16H13NO3/c1-2-17-8-7-10(11-5-3-4-6-13(11)17)9-12-14(18)16(20)15(12)19/h3-9,18H,2H2,1H3. The van der Waals surface area contributed by atoms with E-state index in [2.05, 4.69) is 11.8 Å². The van der Waals surface area contributed by atoms with Gasteiger partial charge in [0.05, 0.1) is 5.56 Å². The number of nitrogens with zero attached hydrogens (tertiary/aromatic N) is 1. The van der Waals surface area contributed by atoms with E-state index in [4.69, 9.17) is 0 Å². The molecule has 0 unspecified atom stereocenters. The zero-order valence-electron chi connectivity index (χ0n) is 11.0. The Kier molecular flexibility index (Phi) is 2.79. The van der Waals surface area contributed by atoms with E-state index in [1.54, 1.807) is 6.08 Å². The number of anilines is 1. The lowest BCUT2D eigenvalue weighted by Crippen LogP contribution is -2.32. The zero-order valence-corrected chi connectivity index (χ0v) is 11.0. The molecular formula is C16H13NO3. The lowest BCUT2D eigenvalue weighted by Gasteiger charge is -2.26. The molecule has 0 spiro atoms. The van der Waals surface area contributed by atoms with Crippen LogP contribution in [0.1, 0.15) is 18.1 Å². The van der Waals surface area contributed by atoms with Crippen LogP contribution in [0.5, 0.6) is 5.75 Å². The van der Waals surface area contributed by atoms with Crippen molar-refractivity contribution in [1.29, 1.82) is 0 Å². The lowest BCUT2D eigenvalue weighted by atomic mass is 9.96. The molecule has 100 valence electrons. The van der Waals surface area contributed by atoms with E-state index in [1.165, 1.54) is 0 Å². The van der Waals surface area contributed by atoms with E-state index in [1.807, 2.05) is 36.5 Å². The molecule has 1 N–H and O–H groups in total. The topological polar surface area (TPSA) is 57.6 Å². The summed E-state index contributed by atoms with van der Waals surface area (Å²) in [6, 6.07) is 7.82. The van der Waals surface area contributed by atoms with Crippen molar-refractivity contribution in [2.75, 3.05) is 11.4 Å². The number of fused-ring (bicyclic) bond motifs is 1. The number of hydrogen-bond acceptors (Lipinski definition) is 4. The van der Waals surface area contributed by atoms with Crippen molar-refractivity contribution in [3.63, 3.8) is 0 Å². The highest BCUT2D eigenvalue weighted by Crippen LogP contribution is 2.34. The van der Waals surface area contributed by atoms with Gasteiger partial charge < -0.3 is 10.0 Å². The molecule has 0 saturated heterocycles. The fourth-order valence-corrected chi connectivity index (χ4v) is 2.40. The first-order valence-corrected chi connectivity index (χ1v) is 6.41. The van der Waals surface area contributed by atoms with Gasteiger partial charge in [0, 0.05) is 24.0 Å². The van der Waals surface area contributed by atoms with Crippen LogP contribution in [0.3, 0.4) is 0 Å². The molecule has 0 aliphatic carbocycles. The summed E-state index contributed by atoms with van der Waals surface area (Å²) in [5.74, 6) is -0.439. The van der Waals surface area contributed by atoms with Crippen molar-refractivity contribution in [3.05, 3.63) is 68.1 Å². The maximum absolute atomic E-state index is 11.4. The number of allylic oxidation sites excluding steroid dienone is 2. The minimum atomic E-state index is -0.805. The molecule has 0 amide bonds. The summed E-state index contributed by atoms with van der Waals surface area (Å²) in [7, 11) is 0. The van der Waals surface area contributed by atoms with Crippen LogP contribution in [0.15, 0.2) is 46.1 Å². The third-order valence-corrected chi connectivity index (χ3v) is 3.52. The molecule has 4 heteroatoms. The average molecular weight is 267 g/mol. The summed E-state index contributed by atoms with van der Waals surface area (Å²) in [4.78, 5) is 24.6. The molecule has 20 heavy (non-hydrogen) atoms. The Morgan fingerprint density at radius 1 is 1.20 bits per heavy atom. The van der Waals surface area contributed by atoms with Crippen LogP contribution < -0.4 is 15.8 Å². The predicted octanol–water partition coefficient (Wildman–Crippen LogP) is 1.88. The first-order valence-electron chi connectivity index (χ1n) is 6.41. The minimum absolute atomic E-state index is 0.0920. The SMILES string of the molecule is CCN1C=CC(=Cc2c(O)c(=O)c2=O)c2ccccc21. The van der Waals surface area contributed by atoms with Crippen LogP contribution in [0.2, 0.25) is 0 Å². The Morgan fingerprint density at radius 2 is 1.95 bits per heavy atom. The third kappa shape index (κ3) is 1.69. The van der Waals surface area contributed by atoms with Crippen LogP contribution in [0.25, 0.3) is 11.6 Å². The molecule has 0 radical (unpaired) electrons. The summed E-state index contributed by atoms with van der Waals surface area (Å²) in [5.41, 5.74) is 1.49. The Bertz CT molecular complexity index is 807. The fraction of sp³-hybridized carbons (Fsp3) is 0.125. The summed E-state index contributed by atoms with van der Waals surface area (Å²) in [6.07, 6.45) is 5.38. The van der Waals surface area contributed by atoms with E-state index in [-0.39, 0.29) is 5.56 Å².